The van der Waals surface area contributed by atoms with Crippen LogP contribution in [0.4, 0.5) is 5.69 Å². The zero-order valence-corrected chi connectivity index (χ0v) is 13.8. The Labute approximate surface area is 149 Å². The fraction of sp³-hybridized carbons (Fsp3) is 0.0500. The molecule has 0 aliphatic heterocycles. The van der Waals surface area contributed by atoms with E-state index in [1.165, 1.54) is 6.07 Å². The van der Waals surface area contributed by atoms with Crippen LogP contribution in [0.5, 0.6) is 0 Å². The summed E-state index contributed by atoms with van der Waals surface area (Å²) in [5.74, 6) is 0.629. The van der Waals surface area contributed by atoms with Crippen LogP contribution in [-0.4, -0.2) is 19.8 Å². The van der Waals surface area contributed by atoms with Crippen LogP contribution in [0.3, 0.4) is 0 Å². The Hall–Kier alpha value is -3.67. The second-order valence-electron chi connectivity index (χ2n) is 5.80. The Kier molecular flexibility index (Phi) is 4.07. The Morgan fingerprint density at radius 1 is 0.962 bits per heavy atom. The molecule has 0 spiro atoms. The van der Waals surface area contributed by atoms with Gasteiger partial charge < -0.3 is 4.84 Å². The first-order chi connectivity index (χ1) is 12.7. The third-order valence-electron chi connectivity index (χ3n) is 4.05. The lowest BCUT2D eigenvalue weighted by atomic mass is 10.2. The van der Waals surface area contributed by atoms with E-state index >= 15 is 0 Å². The molecule has 26 heavy (non-hydrogen) atoms. The van der Waals surface area contributed by atoms with Gasteiger partial charge in [0.15, 0.2) is 5.82 Å². The van der Waals surface area contributed by atoms with E-state index in [1.54, 1.807) is 16.9 Å². The third kappa shape index (κ3) is 3.00. The highest BCUT2D eigenvalue weighted by atomic mass is 16.7. The van der Waals surface area contributed by atoms with Gasteiger partial charge in [-0.15, -0.1) is 0 Å². The summed E-state index contributed by atoms with van der Waals surface area (Å²) < 4.78 is 1.60. The molecule has 1 heterocycles. The van der Waals surface area contributed by atoms with Crippen LogP contribution in [0.2, 0.25) is 0 Å². The number of rotatable bonds is 5. The second-order valence-corrected chi connectivity index (χ2v) is 5.80. The molecule has 6 heteroatoms. The lowest BCUT2D eigenvalue weighted by molar-refractivity contribution is -0.729. The van der Waals surface area contributed by atoms with Gasteiger partial charge in [-0.1, -0.05) is 60.7 Å². The lowest BCUT2D eigenvalue weighted by Crippen LogP contribution is -2.12. The molecule has 1 aromatic heterocycles. The number of benzene rings is 3. The summed E-state index contributed by atoms with van der Waals surface area (Å²) in [5, 5.41) is 9.21. The second kappa shape index (κ2) is 6.68. The molecule has 0 fully saturated rings. The summed E-state index contributed by atoms with van der Waals surface area (Å²) in [6.45, 7) is 0.344. The Bertz CT molecular complexity index is 1060. The fourth-order valence-electron chi connectivity index (χ4n) is 2.77. The summed E-state index contributed by atoms with van der Waals surface area (Å²) >= 11 is 0. The summed E-state index contributed by atoms with van der Waals surface area (Å²) in [4.78, 5) is 21.7. The van der Waals surface area contributed by atoms with Gasteiger partial charge in [0.2, 0.25) is 0 Å². The van der Waals surface area contributed by atoms with Crippen LogP contribution in [-0.2, 0) is 6.61 Å². The highest BCUT2D eigenvalue weighted by Gasteiger charge is 2.19. The number of fused-ring (bicyclic) bond motifs is 1. The van der Waals surface area contributed by atoms with Crippen molar-refractivity contribution in [3.63, 3.8) is 0 Å². The van der Waals surface area contributed by atoms with Crippen LogP contribution in [0.15, 0.2) is 78.9 Å². The third-order valence-corrected chi connectivity index (χ3v) is 4.05. The number of hydrogen-bond acceptors (Lipinski definition) is 3. The smallest absolute Gasteiger partial charge is 0.318 e. The van der Waals surface area contributed by atoms with E-state index in [-0.39, 0.29) is 10.6 Å². The first-order valence-corrected chi connectivity index (χ1v) is 8.13. The molecule has 0 aliphatic rings. The molecule has 0 radical (unpaired) electrons. The van der Waals surface area contributed by atoms with Crippen molar-refractivity contribution < 1.29 is 15.0 Å². The van der Waals surface area contributed by atoms with Gasteiger partial charge in [-0.25, -0.2) is 10.2 Å². The van der Waals surface area contributed by atoms with Gasteiger partial charge in [0.25, 0.3) is 4.92 Å². The van der Waals surface area contributed by atoms with Crippen molar-refractivity contribution in [1.29, 1.82) is 0 Å². The van der Waals surface area contributed by atoms with Crippen LogP contribution in [0.25, 0.3) is 22.4 Å². The number of nitrogens with zero attached hydrogens (tertiary/aromatic N) is 3. The van der Waals surface area contributed by atoms with Crippen molar-refractivity contribution in [1.82, 2.24) is 9.71 Å². The van der Waals surface area contributed by atoms with Crippen molar-refractivity contribution >= 4 is 16.7 Å². The van der Waals surface area contributed by atoms with Crippen LogP contribution in [0.1, 0.15) is 5.56 Å². The molecule has 6 nitrogen and oxygen atoms in total. The minimum Gasteiger partial charge on any atom is -0.407 e. The average molecular weight is 346 g/mol. The van der Waals surface area contributed by atoms with E-state index in [2.05, 4.69) is 4.98 Å². The van der Waals surface area contributed by atoms with Gasteiger partial charge in [0.05, 0.1) is 10.4 Å². The quantitative estimate of drug-likeness (QED) is 0.552. The van der Waals surface area contributed by atoms with E-state index < -0.39 is 0 Å². The van der Waals surface area contributed by atoms with E-state index in [9.17, 15) is 10.1 Å². The van der Waals surface area contributed by atoms with Crippen molar-refractivity contribution in [2.75, 3.05) is 0 Å². The molecular weight excluding hydrogens is 330 g/mol. The van der Waals surface area contributed by atoms with Gasteiger partial charge in [-0.2, -0.15) is 4.73 Å². The molecule has 0 unspecified atom stereocenters. The summed E-state index contributed by atoms with van der Waals surface area (Å²) in [6, 6.07) is 24.2. The zero-order chi connectivity index (χ0) is 17.9. The molecule has 3 aromatic carbocycles. The van der Waals surface area contributed by atoms with Gasteiger partial charge >= 0.3 is 5.69 Å². The van der Waals surface area contributed by atoms with Crippen LogP contribution >= 0.6 is 0 Å². The minimum absolute atomic E-state index is 0.113. The molecule has 0 amide bonds. The van der Waals surface area contributed by atoms with E-state index in [1.807, 2.05) is 60.7 Å². The van der Waals surface area contributed by atoms with E-state index in [0.717, 1.165) is 11.1 Å². The summed E-state index contributed by atoms with van der Waals surface area (Å²) in [5.41, 5.74) is 3.29. The lowest BCUT2D eigenvalue weighted by Gasteiger charge is -2.11. The van der Waals surface area contributed by atoms with E-state index in [0.29, 0.717) is 23.5 Å². The number of aromatic nitrogens is 2. The maximum atomic E-state index is 11.3. The normalized spacial score (nSPS) is 10.8. The van der Waals surface area contributed by atoms with Crippen LogP contribution in [0, 0.1) is 4.91 Å². The molecule has 0 saturated heterocycles. The standard InChI is InChI=1S/C20H16N3O3/c24-23(25)17-11-12-18-19(13-17)22(26-14-15-7-3-1-4-8-15)20(21-18)16-9-5-2-6-10-16/h1-13H,14H2,(H,24,25)/q+1. The fourth-order valence-corrected chi connectivity index (χ4v) is 2.77. The van der Waals surface area contributed by atoms with Gasteiger partial charge in [-0.3, -0.25) is 0 Å². The van der Waals surface area contributed by atoms with E-state index in [4.69, 9.17) is 4.84 Å². The maximum Gasteiger partial charge on any atom is 0.318 e. The molecule has 128 valence electrons. The topological polar surface area (TPSA) is 67.4 Å². The summed E-state index contributed by atoms with van der Waals surface area (Å²) in [7, 11) is 0. The molecule has 0 aliphatic carbocycles. The van der Waals surface area contributed by atoms with Gasteiger partial charge in [0.1, 0.15) is 12.1 Å². The van der Waals surface area contributed by atoms with Crippen molar-refractivity contribution in [3.05, 3.63) is 89.3 Å². The Morgan fingerprint density at radius 3 is 2.35 bits per heavy atom. The van der Waals surface area contributed by atoms with Gasteiger partial charge in [0, 0.05) is 17.7 Å². The number of imidazole rings is 1. The molecule has 4 aromatic rings. The summed E-state index contributed by atoms with van der Waals surface area (Å²) in [6.07, 6.45) is 0. The highest BCUT2D eigenvalue weighted by molar-refractivity contribution is 5.82. The van der Waals surface area contributed by atoms with Crippen molar-refractivity contribution in [2.45, 2.75) is 6.61 Å². The highest BCUT2D eigenvalue weighted by Crippen LogP contribution is 2.26. The zero-order valence-electron chi connectivity index (χ0n) is 13.8. The molecule has 1 N–H and O–H groups in total. The monoisotopic (exact) mass is 346 g/mol. The number of hydrogen-bond donors (Lipinski definition) is 1. The first-order valence-electron chi connectivity index (χ1n) is 8.13. The van der Waals surface area contributed by atoms with Crippen LogP contribution < -0.4 is 4.84 Å². The van der Waals surface area contributed by atoms with Gasteiger partial charge in [-0.05, 0) is 11.6 Å². The largest absolute Gasteiger partial charge is 0.407 e. The molecule has 0 atom stereocenters. The van der Waals surface area contributed by atoms with Crippen molar-refractivity contribution in [2.24, 2.45) is 0 Å². The SMILES string of the molecule is O=[N+](O)c1ccc2nc(-c3ccccc3)n(OCc3ccccc3)c2c1. The minimum atomic E-state index is -0.170. The predicted molar refractivity (Wildman–Crippen MR) is 97.0 cm³/mol. The molecule has 0 saturated carbocycles. The molecule has 0 bridgehead atoms. The maximum absolute atomic E-state index is 11.3. The Balaban J connectivity index is 1.82. The molecule has 4 rings (SSSR count). The Morgan fingerprint density at radius 2 is 1.65 bits per heavy atom. The molecular formula is C20H16N3O3+. The average Bonchev–Trinajstić information content (AvgIpc) is 3.05. The first kappa shape index (κ1) is 15.8. The van der Waals surface area contributed by atoms with Crippen molar-refractivity contribution in [3.8, 4) is 11.4 Å². The predicted octanol–water partition coefficient (Wildman–Crippen LogP) is 4.13.